The molecule has 2 amide bonds. The molecule has 0 spiro atoms. The van der Waals surface area contributed by atoms with Crippen molar-refractivity contribution in [2.75, 3.05) is 35.4 Å². The minimum absolute atomic E-state index is 0.0552. The number of ether oxygens (including phenoxy) is 1. The van der Waals surface area contributed by atoms with Gasteiger partial charge in [-0.2, -0.15) is 10.4 Å². The Bertz CT molecular complexity index is 1550. The number of nitrogen functional groups attached to an aromatic ring is 1. The Hall–Kier alpha value is -5.18. The summed E-state index contributed by atoms with van der Waals surface area (Å²) in [5.74, 6) is -0.445. The van der Waals surface area contributed by atoms with Crippen LogP contribution in [0.2, 0.25) is 0 Å². The summed E-state index contributed by atoms with van der Waals surface area (Å²) in [7, 11) is 3.90. The summed E-state index contributed by atoms with van der Waals surface area (Å²) in [6.07, 6.45) is 1.13. The van der Waals surface area contributed by atoms with Gasteiger partial charge in [-0.05, 0) is 36.4 Å². The van der Waals surface area contributed by atoms with Crippen molar-refractivity contribution >= 4 is 29.0 Å². The monoisotopic (exact) mass is 529 g/mol. The fourth-order valence-corrected chi connectivity index (χ4v) is 3.53. The third kappa shape index (κ3) is 6.04. The van der Waals surface area contributed by atoms with E-state index >= 15 is 0 Å². The predicted octanol–water partition coefficient (Wildman–Crippen LogP) is 5.06. The molecule has 0 aliphatic heterocycles. The summed E-state index contributed by atoms with van der Waals surface area (Å²) < 4.78 is 22.0. The number of urea groups is 1. The zero-order valence-electron chi connectivity index (χ0n) is 22.2. The van der Waals surface area contributed by atoms with Gasteiger partial charge in [0.25, 0.3) is 0 Å². The Kier molecular flexibility index (Phi) is 7.35. The lowest BCUT2D eigenvalue weighted by molar-refractivity contribution is 0.262. The van der Waals surface area contributed by atoms with Crippen molar-refractivity contribution in [2.45, 2.75) is 26.2 Å². The molecule has 39 heavy (non-hydrogen) atoms. The second-order valence-corrected chi connectivity index (χ2v) is 9.86. The zero-order valence-corrected chi connectivity index (χ0v) is 22.2. The van der Waals surface area contributed by atoms with Crippen LogP contribution in [-0.2, 0) is 5.41 Å². The van der Waals surface area contributed by atoms with Crippen LogP contribution in [0.3, 0.4) is 0 Å². The molecule has 0 radical (unpaired) electrons. The molecule has 0 aliphatic carbocycles. The number of carbonyl (C=O) groups is 1. The molecule has 2 aromatic carbocycles. The van der Waals surface area contributed by atoms with Gasteiger partial charge in [-0.1, -0.05) is 20.8 Å². The number of nitrogens with one attached hydrogen (secondary N) is 2. The van der Waals surface area contributed by atoms with E-state index in [0.717, 1.165) is 29.5 Å². The summed E-state index contributed by atoms with van der Waals surface area (Å²) in [6, 6.07) is 14.5. The molecule has 4 aromatic rings. The van der Waals surface area contributed by atoms with Crippen LogP contribution in [0.1, 0.15) is 32.0 Å². The van der Waals surface area contributed by atoms with Crippen LogP contribution in [0.5, 0.6) is 11.6 Å². The van der Waals surface area contributed by atoms with E-state index in [4.69, 9.17) is 15.6 Å². The number of nitrogens with zero attached hydrogens (tertiary/aromatic N) is 6. The van der Waals surface area contributed by atoms with E-state index in [-0.39, 0.29) is 34.1 Å². The Morgan fingerprint density at radius 1 is 1.10 bits per heavy atom. The maximum absolute atomic E-state index is 14.9. The molecule has 0 fully saturated rings. The fourth-order valence-electron chi connectivity index (χ4n) is 3.53. The van der Waals surface area contributed by atoms with Gasteiger partial charge in [0.05, 0.1) is 17.1 Å². The summed E-state index contributed by atoms with van der Waals surface area (Å²) in [5, 5.41) is 19.2. The van der Waals surface area contributed by atoms with Crippen molar-refractivity contribution in [3.05, 3.63) is 71.9 Å². The van der Waals surface area contributed by atoms with E-state index < -0.39 is 11.8 Å². The van der Waals surface area contributed by atoms with Crippen LogP contribution in [0.25, 0.3) is 5.69 Å². The largest absolute Gasteiger partial charge is 0.437 e. The SMILES string of the molecule is CN(C)c1ccc(-n2nc(C(C)(C)C)cc2NC(=O)Nc2ccc(Oc3ncnc(N)c3C#N)cc2F)cc1. The van der Waals surface area contributed by atoms with Gasteiger partial charge in [0.15, 0.2) is 5.56 Å². The molecule has 200 valence electrons. The van der Waals surface area contributed by atoms with E-state index in [2.05, 4.69) is 20.6 Å². The van der Waals surface area contributed by atoms with Crippen molar-refractivity contribution in [3.63, 3.8) is 0 Å². The Labute approximate surface area is 225 Å². The first-order chi connectivity index (χ1) is 18.5. The molecule has 0 unspecified atom stereocenters. The third-order valence-corrected chi connectivity index (χ3v) is 5.69. The number of nitriles is 1. The van der Waals surface area contributed by atoms with Gasteiger partial charge in [-0.15, -0.1) is 0 Å². The Morgan fingerprint density at radius 2 is 1.82 bits per heavy atom. The van der Waals surface area contributed by atoms with Crippen LogP contribution in [0.15, 0.2) is 54.9 Å². The molecule has 4 N–H and O–H groups in total. The van der Waals surface area contributed by atoms with Gasteiger partial charge in [0.1, 0.15) is 35.6 Å². The summed E-state index contributed by atoms with van der Waals surface area (Å²) in [6.45, 7) is 6.06. The molecule has 0 atom stereocenters. The second kappa shape index (κ2) is 10.7. The van der Waals surface area contributed by atoms with Gasteiger partial charge in [-0.3, -0.25) is 5.32 Å². The van der Waals surface area contributed by atoms with Crippen molar-refractivity contribution in [2.24, 2.45) is 0 Å². The number of carbonyl (C=O) groups excluding carboxylic acids is 1. The van der Waals surface area contributed by atoms with Crippen molar-refractivity contribution in [1.82, 2.24) is 19.7 Å². The van der Waals surface area contributed by atoms with E-state index in [1.807, 2.05) is 70.1 Å². The van der Waals surface area contributed by atoms with E-state index in [9.17, 15) is 14.4 Å². The number of hydrogen-bond donors (Lipinski definition) is 3. The minimum Gasteiger partial charge on any atom is -0.437 e. The van der Waals surface area contributed by atoms with Crippen molar-refractivity contribution < 1.29 is 13.9 Å². The van der Waals surface area contributed by atoms with Crippen LogP contribution in [0.4, 0.5) is 32.2 Å². The summed E-state index contributed by atoms with van der Waals surface area (Å²) in [5.41, 5.74) is 7.77. The van der Waals surface area contributed by atoms with Gasteiger partial charge in [0.2, 0.25) is 5.88 Å². The number of anilines is 4. The van der Waals surface area contributed by atoms with Gasteiger partial charge >= 0.3 is 6.03 Å². The van der Waals surface area contributed by atoms with Crippen LogP contribution < -0.4 is 26.0 Å². The average molecular weight is 530 g/mol. The number of nitrogens with two attached hydrogens (primary N) is 1. The maximum atomic E-state index is 14.9. The number of benzene rings is 2. The standard InChI is InChI=1S/C27H28FN9O2/c1-27(2,3)22-13-23(37(35-22)17-8-6-16(7-9-17)36(4)5)34-26(38)33-21-11-10-18(12-20(21)28)39-25-19(14-29)24(30)31-15-32-25/h6-13,15H,1-5H3,(H2,30,31,32)(H2,33,34,38). The molecule has 2 aromatic heterocycles. The van der Waals surface area contributed by atoms with Crippen molar-refractivity contribution in [1.29, 1.82) is 5.26 Å². The van der Waals surface area contributed by atoms with Gasteiger partial charge < -0.3 is 20.7 Å². The number of hydrogen-bond acceptors (Lipinski definition) is 8. The van der Waals surface area contributed by atoms with E-state index in [1.165, 1.54) is 12.1 Å². The molecule has 0 aliphatic rings. The lowest BCUT2D eigenvalue weighted by Crippen LogP contribution is -2.22. The van der Waals surface area contributed by atoms with Crippen LogP contribution >= 0.6 is 0 Å². The van der Waals surface area contributed by atoms with Gasteiger partial charge in [0, 0.05) is 37.3 Å². The molecular weight excluding hydrogens is 501 g/mol. The maximum Gasteiger partial charge on any atom is 0.324 e. The first-order valence-corrected chi connectivity index (χ1v) is 11.9. The van der Waals surface area contributed by atoms with Crippen molar-refractivity contribution in [3.8, 4) is 23.4 Å². The topological polar surface area (TPSA) is 147 Å². The first-order valence-electron chi connectivity index (χ1n) is 11.9. The molecule has 0 bridgehead atoms. The number of rotatable bonds is 6. The quantitative estimate of drug-likeness (QED) is 0.314. The zero-order chi connectivity index (χ0) is 28.3. The second-order valence-electron chi connectivity index (χ2n) is 9.86. The Balaban J connectivity index is 1.54. The van der Waals surface area contributed by atoms with Gasteiger partial charge in [-0.25, -0.2) is 23.8 Å². The molecule has 0 saturated carbocycles. The average Bonchev–Trinajstić information content (AvgIpc) is 3.30. The predicted molar refractivity (Wildman–Crippen MR) is 147 cm³/mol. The normalized spacial score (nSPS) is 11.0. The molecule has 12 heteroatoms. The summed E-state index contributed by atoms with van der Waals surface area (Å²) in [4.78, 5) is 22.5. The summed E-state index contributed by atoms with van der Waals surface area (Å²) >= 11 is 0. The highest BCUT2D eigenvalue weighted by molar-refractivity contribution is 5.99. The van der Waals surface area contributed by atoms with Crippen LogP contribution in [-0.4, -0.2) is 39.9 Å². The molecule has 4 rings (SSSR count). The number of halogens is 1. The molecular formula is C27H28FN9O2. The first kappa shape index (κ1) is 26.9. The highest BCUT2D eigenvalue weighted by Crippen LogP contribution is 2.29. The molecule has 0 saturated heterocycles. The highest BCUT2D eigenvalue weighted by Gasteiger charge is 2.22. The minimum atomic E-state index is -0.758. The molecule has 2 heterocycles. The lowest BCUT2D eigenvalue weighted by Gasteiger charge is -2.15. The Morgan fingerprint density at radius 3 is 2.44 bits per heavy atom. The molecule has 11 nitrogen and oxygen atoms in total. The fraction of sp³-hybridized carbons (Fsp3) is 0.222. The van der Waals surface area contributed by atoms with E-state index in [1.54, 1.807) is 10.7 Å². The lowest BCUT2D eigenvalue weighted by atomic mass is 9.92. The van der Waals surface area contributed by atoms with E-state index in [0.29, 0.717) is 5.82 Å². The smallest absolute Gasteiger partial charge is 0.324 e. The number of amides is 2. The highest BCUT2D eigenvalue weighted by atomic mass is 19.1. The van der Waals surface area contributed by atoms with Crippen LogP contribution in [0, 0.1) is 17.1 Å². The number of aromatic nitrogens is 4. The third-order valence-electron chi connectivity index (χ3n) is 5.69.